The number of halogens is 3. The number of alkyl halides is 3. The first-order valence-electron chi connectivity index (χ1n) is 7.73. The molecule has 0 radical (unpaired) electrons. The first-order chi connectivity index (χ1) is 10.9. The van der Waals surface area contributed by atoms with E-state index in [0.717, 1.165) is 44.5 Å². The number of methoxy groups -OCH3 is 1. The van der Waals surface area contributed by atoms with E-state index in [0.29, 0.717) is 13.2 Å². The van der Waals surface area contributed by atoms with Gasteiger partial charge in [0.05, 0.1) is 6.61 Å². The molecule has 5 nitrogen and oxygen atoms in total. The number of fused-ring (bicyclic) bond motifs is 1. The minimum Gasteiger partial charge on any atom is -0.462 e. The number of rotatable bonds is 5. The van der Waals surface area contributed by atoms with Gasteiger partial charge in [0, 0.05) is 24.9 Å². The Kier molecular flexibility index (Phi) is 4.46. The molecule has 2 saturated heterocycles. The van der Waals surface area contributed by atoms with Crippen LogP contribution in [0.5, 0.6) is 6.01 Å². The number of aromatic nitrogens is 2. The molecule has 0 amide bonds. The maximum absolute atomic E-state index is 12.7. The van der Waals surface area contributed by atoms with Crippen molar-refractivity contribution < 1.29 is 22.6 Å². The van der Waals surface area contributed by atoms with Gasteiger partial charge in [-0.25, -0.2) is 4.98 Å². The normalized spacial score (nSPS) is 28.1. The Morgan fingerprint density at radius 1 is 1.39 bits per heavy atom. The summed E-state index contributed by atoms with van der Waals surface area (Å²) in [6, 6.07) is 0.793. The van der Waals surface area contributed by atoms with Crippen molar-refractivity contribution in [3.8, 4) is 6.01 Å². The molecule has 1 aromatic rings. The van der Waals surface area contributed by atoms with Crippen molar-refractivity contribution >= 4 is 0 Å². The molecule has 0 N–H and O–H groups in total. The first kappa shape index (κ1) is 16.4. The van der Waals surface area contributed by atoms with E-state index in [4.69, 9.17) is 9.47 Å². The van der Waals surface area contributed by atoms with Gasteiger partial charge in [0.15, 0.2) is 5.69 Å². The summed E-state index contributed by atoms with van der Waals surface area (Å²) in [4.78, 5) is 9.60. The second kappa shape index (κ2) is 6.24. The Labute approximate surface area is 132 Å². The van der Waals surface area contributed by atoms with E-state index < -0.39 is 11.9 Å². The van der Waals surface area contributed by atoms with Crippen LogP contribution in [0.3, 0.4) is 0 Å². The van der Waals surface area contributed by atoms with E-state index >= 15 is 0 Å². The minimum atomic E-state index is -4.49. The fraction of sp³-hybridized carbons (Fsp3) is 0.733. The molecule has 128 valence electrons. The molecule has 1 aromatic heterocycles. The summed E-state index contributed by atoms with van der Waals surface area (Å²) in [7, 11) is 1.70. The molecule has 0 spiro atoms. The standard InChI is InChI=1S/C15H20F3N3O2/c1-22-10-14-5-2-8-21(14)11(3-6-14)9-23-13-19-7-4-12(20-13)15(16,17)18/h4,7,11H,2-3,5-6,8-10H2,1H3. The van der Waals surface area contributed by atoms with Crippen molar-refractivity contribution in [3.63, 3.8) is 0 Å². The maximum atomic E-state index is 12.7. The molecule has 8 heteroatoms. The van der Waals surface area contributed by atoms with Crippen LogP contribution in [0.25, 0.3) is 0 Å². The Morgan fingerprint density at radius 3 is 2.96 bits per heavy atom. The van der Waals surface area contributed by atoms with Gasteiger partial charge in [0.1, 0.15) is 6.61 Å². The van der Waals surface area contributed by atoms with Crippen molar-refractivity contribution in [2.75, 3.05) is 26.9 Å². The monoisotopic (exact) mass is 331 g/mol. The van der Waals surface area contributed by atoms with Gasteiger partial charge in [-0.15, -0.1) is 0 Å². The number of hydrogen-bond acceptors (Lipinski definition) is 5. The highest BCUT2D eigenvalue weighted by atomic mass is 19.4. The lowest BCUT2D eigenvalue weighted by Crippen LogP contribution is -2.47. The summed E-state index contributed by atoms with van der Waals surface area (Å²) in [6.45, 7) is 1.96. The highest BCUT2D eigenvalue weighted by molar-refractivity contribution is 5.09. The zero-order valence-corrected chi connectivity index (χ0v) is 13.0. The molecule has 23 heavy (non-hydrogen) atoms. The van der Waals surface area contributed by atoms with E-state index in [-0.39, 0.29) is 17.6 Å². The third-order valence-corrected chi connectivity index (χ3v) is 4.78. The predicted octanol–water partition coefficient (Wildman–Crippen LogP) is 2.52. The summed E-state index contributed by atoms with van der Waals surface area (Å²) in [5.74, 6) is 0. The van der Waals surface area contributed by atoms with Gasteiger partial charge in [-0.05, 0) is 38.3 Å². The van der Waals surface area contributed by atoms with Crippen LogP contribution in [0.4, 0.5) is 13.2 Å². The Bertz CT molecular complexity index is 555. The van der Waals surface area contributed by atoms with Gasteiger partial charge in [0.2, 0.25) is 0 Å². The molecule has 0 aliphatic carbocycles. The number of hydrogen-bond donors (Lipinski definition) is 0. The quantitative estimate of drug-likeness (QED) is 0.830. The van der Waals surface area contributed by atoms with E-state index in [1.165, 1.54) is 0 Å². The minimum absolute atomic E-state index is 0.0669. The Morgan fingerprint density at radius 2 is 2.22 bits per heavy atom. The van der Waals surface area contributed by atoms with Crippen LogP contribution < -0.4 is 4.74 Å². The largest absolute Gasteiger partial charge is 0.462 e. The van der Waals surface area contributed by atoms with E-state index in [9.17, 15) is 13.2 Å². The van der Waals surface area contributed by atoms with Gasteiger partial charge in [-0.1, -0.05) is 0 Å². The average molecular weight is 331 g/mol. The molecule has 3 rings (SSSR count). The summed E-state index contributed by atoms with van der Waals surface area (Å²) in [5.41, 5.74) is -0.916. The molecule has 3 heterocycles. The summed E-state index contributed by atoms with van der Waals surface area (Å²) in [6.07, 6.45) is 0.764. The third kappa shape index (κ3) is 3.28. The van der Waals surface area contributed by atoms with Crippen LogP contribution in [0.2, 0.25) is 0 Å². The van der Waals surface area contributed by atoms with Gasteiger partial charge >= 0.3 is 12.2 Å². The molecule has 2 aliphatic heterocycles. The Balaban J connectivity index is 1.63. The lowest BCUT2D eigenvalue weighted by molar-refractivity contribution is -0.141. The zero-order valence-electron chi connectivity index (χ0n) is 13.0. The summed E-state index contributed by atoms with van der Waals surface area (Å²) in [5, 5.41) is 0. The van der Waals surface area contributed by atoms with Crippen molar-refractivity contribution in [2.45, 2.75) is 43.4 Å². The zero-order chi connectivity index (χ0) is 16.5. The highest BCUT2D eigenvalue weighted by Crippen LogP contribution is 2.42. The van der Waals surface area contributed by atoms with Crippen molar-refractivity contribution in [3.05, 3.63) is 18.0 Å². The van der Waals surface area contributed by atoms with E-state index in [1.54, 1.807) is 7.11 Å². The number of ether oxygens (including phenoxy) is 2. The molecule has 2 aliphatic rings. The topological polar surface area (TPSA) is 47.5 Å². The van der Waals surface area contributed by atoms with Gasteiger partial charge in [-0.3, -0.25) is 4.90 Å². The number of nitrogens with zero attached hydrogens (tertiary/aromatic N) is 3. The van der Waals surface area contributed by atoms with Gasteiger partial charge in [0.25, 0.3) is 0 Å². The van der Waals surface area contributed by atoms with Crippen LogP contribution in [-0.2, 0) is 10.9 Å². The van der Waals surface area contributed by atoms with Crippen LogP contribution in [0.1, 0.15) is 31.4 Å². The van der Waals surface area contributed by atoms with E-state index in [2.05, 4.69) is 14.9 Å². The van der Waals surface area contributed by atoms with Crippen LogP contribution in [0, 0.1) is 0 Å². The molecule has 0 aromatic carbocycles. The van der Waals surface area contributed by atoms with Crippen molar-refractivity contribution in [2.24, 2.45) is 0 Å². The molecule has 0 bridgehead atoms. The SMILES string of the molecule is COCC12CCCN1C(COc1nccc(C(F)(F)F)n1)CC2. The van der Waals surface area contributed by atoms with Crippen molar-refractivity contribution in [1.29, 1.82) is 0 Å². The van der Waals surface area contributed by atoms with E-state index in [1.807, 2.05) is 0 Å². The van der Waals surface area contributed by atoms with Gasteiger partial charge in [-0.2, -0.15) is 18.2 Å². The van der Waals surface area contributed by atoms with Gasteiger partial charge < -0.3 is 9.47 Å². The predicted molar refractivity (Wildman–Crippen MR) is 76.1 cm³/mol. The lowest BCUT2D eigenvalue weighted by atomic mass is 9.95. The fourth-order valence-electron chi connectivity index (χ4n) is 3.80. The van der Waals surface area contributed by atoms with Crippen LogP contribution in [-0.4, -0.2) is 53.3 Å². The maximum Gasteiger partial charge on any atom is 0.433 e. The second-order valence-corrected chi connectivity index (χ2v) is 6.18. The molecule has 2 unspecified atom stereocenters. The fourth-order valence-corrected chi connectivity index (χ4v) is 3.80. The molecular formula is C15H20F3N3O2. The summed E-state index contributed by atoms with van der Waals surface area (Å²) >= 11 is 0. The highest BCUT2D eigenvalue weighted by Gasteiger charge is 2.49. The smallest absolute Gasteiger partial charge is 0.433 e. The van der Waals surface area contributed by atoms with Crippen LogP contribution >= 0.6 is 0 Å². The third-order valence-electron chi connectivity index (χ3n) is 4.78. The summed E-state index contributed by atoms with van der Waals surface area (Å²) < 4.78 is 48.8. The first-order valence-corrected chi connectivity index (χ1v) is 7.73. The molecular weight excluding hydrogens is 311 g/mol. The Hall–Kier alpha value is -1.41. The second-order valence-electron chi connectivity index (χ2n) is 6.18. The lowest BCUT2D eigenvalue weighted by Gasteiger charge is -2.34. The van der Waals surface area contributed by atoms with Crippen molar-refractivity contribution in [1.82, 2.24) is 14.9 Å². The van der Waals surface area contributed by atoms with Crippen LogP contribution in [0.15, 0.2) is 12.3 Å². The average Bonchev–Trinajstić information content (AvgIpc) is 3.04. The molecule has 0 saturated carbocycles. The molecule has 2 fully saturated rings. The molecule has 2 atom stereocenters.